The van der Waals surface area contributed by atoms with E-state index in [9.17, 15) is 4.79 Å². The van der Waals surface area contributed by atoms with Crippen LogP contribution in [-0.4, -0.2) is 58.2 Å². The van der Waals surface area contributed by atoms with Gasteiger partial charge in [0.1, 0.15) is 5.82 Å². The fourth-order valence-electron chi connectivity index (χ4n) is 3.66. The van der Waals surface area contributed by atoms with Gasteiger partial charge >= 0.3 is 0 Å². The van der Waals surface area contributed by atoms with Crippen LogP contribution in [0.3, 0.4) is 0 Å². The summed E-state index contributed by atoms with van der Waals surface area (Å²) in [6.07, 6.45) is 1.72. The first-order valence-electron chi connectivity index (χ1n) is 10.2. The first-order valence-corrected chi connectivity index (χ1v) is 11.0. The van der Waals surface area contributed by atoms with Gasteiger partial charge in [0, 0.05) is 43.3 Å². The third-order valence-corrected chi connectivity index (χ3v) is 5.84. The summed E-state index contributed by atoms with van der Waals surface area (Å²) in [5, 5.41) is 7.37. The number of rotatable bonds is 7. The van der Waals surface area contributed by atoms with Crippen LogP contribution >= 0.6 is 15.9 Å². The molecule has 7 heteroatoms. The number of aromatic nitrogens is 2. The summed E-state index contributed by atoms with van der Waals surface area (Å²) in [6, 6.07) is 20.5. The van der Waals surface area contributed by atoms with Gasteiger partial charge in [0.25, 0.3) is 0 Å². The maximum Gasteiger partial charge on any atom is 0.239 e. The van der Waals surface area contributed by atoms with Crippen LogP contribution in [0.1, 0.15) is 11.1 Å². The standard InChI is InChI=1S/C23H26BrN5O/c24-21-8-6-20(7-9-21)17-29-22(10-11-25-29)26-23(30)18-28-14-12-27(13-15-28)16-19-4-2-1-3-5-19/h1-11H,12-18H2,(H,26,30). The third kappa shape index (κ3) is 5.78. The Bertz CT molecular complexity index is 949. The molecule has 2 aromatic carbocycles. The Kier molecular flexibility index (Phi) is 6.94. The normalized spacial score (nSPS) is 15.2. The van der Waals surface area contributed by atoms with Crippen molar-refractivity contribution in [1.82, 2.24) is 19.6 Å². The average molecular weight is 468 g/mol. The van der Waals surface area contributed by atoms with Crippen molar-refractivity contribution in [3.8, 4) is 0 Å². The molecule has 1 fully saturated rings. The highest BCUT2D eigenvalue weighted by atomic mass is 79.9. The largest absolute Gasteiger partial charge is 0.310 e. The molecule has 0 spiro atoms. The number of nitrogens with one attached hydrogen (secondary N) is 1. The molecule has 0 bridgehead atoms. The fourth-order valence-corrected chi connectivity index (χ4v) is 3.92. The SMILES string of the molecule is O=C(CN1CCN(Cc2ccccc2)CC1)Nc1ccnn1Cc1ccc(Br)cc1. The lowest BCUT2D eigenvalue weighted by atomic mass is 10.2. The van der Waals surface area contributed by atoms with Gasteiger partial charge in [0.2, 0.25) is 5.91 Å². The van der Waals surface area contributed by atoms with E-state index in [1.165, 1.54) is 5.56 Å². The van der Waals surface area contributed by atoms with Gasteiger partial charge in [-0.25, -0.2) is 4.68 Å². The van der Waals surface area contributed by atoms with E-state index in [4.69, 9.17) is 0 Å². The number of carbonyl (C=O) groups excluding carboxylic acids is 1. The minimum absolute atomic E-state index is 0.00376. The molecule has 156 valence electrons. The van der Waals surface area contributed by atoms with Crippen LogP contribution in [0.2, 0.25) is 0 Å². The van der Waals surface area contributed by atoms with E-state index in [1.54, 1.807) is 6.20 Å². The predicted molar refractivity (Wildman–Crippen MR) is 122 cm³/mol. The Balaban J connectivity index is 1.25. The first kappa shape index (κ1) is 20.8. The van der Waals surface area contributed by atoms with E-state index in [0.717, 1.165) is 48.6 Å². The lowest BCUT2D eigenvalue weighted by molar-refractivity contribution is -0.117. The molecule has 1 saturated heterocycles. The van der Waals surface area contributed by atoms with Gasteiger partial charge in [0.15, 0.2) is 0 Å². The Hall–Kier alpha value is -2.48. The zero-order valence-electron chi connectivity index (χ0n) is 16.9. The number of hydrogen-bond acceptors (Lipinski definition) is 4. The average Bonchev–Trinajstić information content (AvgIpc) is 3.18. The van der Waals surface area contributed by atoms with Gasteiger partial charge in [-0.3, -0.25) is 14.6 Å². The molecule has 3 aromatic rings. The molecule has 0 radical (unpaired) electrons. The van der Waals surface area contributed by atoms with Crippen molar-refractivity contribution < 1.29 is 4.79 Å². The number of piperazine rings is 1. The summed E-state index contributed by atoms with van der Waals surface area (Å²) in [6.45, 7) is 5.75. The molecule has 4 rings (SSSR count). The number of amides is 1. The number of halogens is 1. The van der Waals surface area contributed by atoms with Crippen LogP contribution in [0.4, 0.5) is 5.82 Å². The van der Waals surface area contributed by atoms with Crippen LogP contribution in [0.15, 0.2) is 71.3 Å². The molecule has 1 amide bonds. The van der Waals surface area contributed by atoms with Crippen molar-refractivity contribution in [2.24, 2.45) is 0 Å². The lowest BCUT2D eigenvalue weighted by Gasteiger charge is -2.34. The molecule has 0 saturated carbocycles. The maximum absolute atomic E-state index is 12.6. The molecule has 6 nitrogen and oxygen atoms in total. The number of nitrogens with zero attached hydrogens (tertiary/aromatic N) is 4. The van der Waals surface area contributed by atoms with E-state index >= 15 is 0 Å². The van der Waals surface area contributed by atoms with E-state index in [-0.39, 0.29) is 5.91 Å². The Morgan fingerprint density at radius 1 is 0.867 bits per heavy atom. The fraction of sp³-hybridized carbons (Fsp3) is 0.304. The third-order valence-electron chi connectivity index (χ3n) is 5.31. The smallest absolute Gasteiger partial charge is 0.239 e. The number of anilines is 1. The van der Waals surface area contributed by atoms with Crippen molar-refractivity contribution >= 4 is 27.7 Å². The first-order chi connectivity index (χ1) is 14.7. The summed E-state index contributed by atoms with van der Waals surface area (Å²) in [7, 11) is 0. The molecule has 0 atom stereocenters. The van der Waals surface area contributed by atoms with Crippen LogP contribution in [0.25, 0.3) is 0 Å². The summed E-state index contributed by atoms with van der Waals surface area (Å²) < 4.78 is 2.86. The summed E-state index contributed by atoms with van der Waals surface area (Å²) in [5.74, 6) is 0.731. The highest BCUT2D eigenvalue weighted by molar-refractivity contribution is 9.10. The number of hydrogen-bond donors (Lipinski definition) is 1. The monoisotopic (exact) mass is 467 g/mol. The number of carbonyl (C=O) groups is 1. The van der Waals surface area contributed by atoms with Crippen LogP contribution in [0.5, 0.6) is 0 Å². The molecule has 0 unspecified atom stereocenters. The molecular weight excluding hydrogens is 442 g/mol. The second kappa shape index (κ2) is 10.0. The lowest BCUT2D eigenvalue weighted by Crippen LogP contribution is -2.48. The van der Waals surface area contributed by atoms with Crippen LogP contribution in [-0.2, 0) is 17.9 Å². The van der Waals surface area contributed by atoms with Crippen molar-refractivity contribution in [2.45, 2.75) is 13.1 Å². The van der Waals surface area contributed by atoms with Crippen LogP contribution < -0.4 is 5.32 Å². The Labute approximate surface area is 185 Å². The minimum Gasteiger partial charge on any atom is -0.310 e. The second-order valence-corrected chi connectivity index (χ2v) is 8.50. The highest BCUT2D eigenvalue weighted by Crippen LogP contribution is 2.14. The minimum atomic E-state index is 0.00376. The molecular formula is C23H26BrN5O. The zero-order valence-corrected chi connectivity index (χ0v) is 18.5. The van der Waals surface area contributed by atoms with Gasteiger partial charge in [-0.2, -0.15) is 5.10 Å². The van der Waals surface area contributed by atoms with Gasteiger partial charge in [-0.15, -0.1) is 0 Å². The Morgan fingerprint density at radius 3 is 2.27 bits per heavy atom. The van der Waals surface area contributed by atoms with Gasteiger partial charge in [0.05, 0.1) is 19.3 Å². The molecule has 30 heavy (non-hydrogen) atoms. The maximum atomic E-state index is 12.6. The van der Waals surface area contributed by atoms with Crippen molar-refractivity contribution in [3.63, 3.8) is 0 Å². The molecule has 1 aliphatic heterocycles. The molecule has 0 aliphatic carbocycles. The molecule has 2 heterocycles. The van der Waals surface area contributed by atoms with Gasteiger partial charge < -0.3 is 5.32 Å². The quantitative estimate of drug-likeness (QED) is 0.577. The molecule has 1 N–H and O–H groups in total. The van der Waals surface area contributed by atoms with Crippen LogP contribution in [0, 0.1) is 0 Å². The molecule has 1 aromatic heterocycles. The second-order valence-electron chi connectivity index (χ2n) is 7.59. The van der Waals surface area contributed by atoms with Gasteiger partial charge in [-0.05, 0) is 23.3 Å². The van der Waals surface area contributed by atoms with E-state index < -0.39 is 0 Å². The van der Waals surface area contributed by atoms with Gasteiger partial charge in [-0.1, -0.05) is 58.4 Å². The van der Waals surface area contributed by atoms with E-state index in [2.05, 4.69) is 60.4 Å². The highest BCUT2D eigenvalue weighted by Gasteiger charge is 2.19. The van der Waals surface area contributed by atoms with Crippen molar-refractivity contribution in [1.29, 1.82) is 0 Å². The Morgan fingerprint density at radius 2 is 1.53 bits per heavy atom. The summed E-state index contributed by atoms with van der Waals surface area (Å²) >= 11 is 3.45. The summed E-state index contributed by atoms with van der Waals surface area (Å²) in [4.78, 5) is 17.2. The van der Waals surface area contributed by atoms with E-state index in [1.807, 2.05) is 41.1 Å². The van der Waals surface area contributed by atoms with Crippen molar-refractivity contribution in [3.05, 3.63) is 82.5 Å². The molecule has 1 aliphatic rings. The van der Waals surface area contributed by atoms with Crippen molar-refractivity contribution in [2.75, 3.05) is 38.0 Å². The predicted octanol–water partition coefficient (Wildman–Crippen LogP) is 3.45. The topological polar surface area (TPSA) is 53.4 Å². The summed E-state index contributed by atoms with van der Waals surface area (Å²) in [5.41, 5.74) is 2.47. The zero-order chi connectivity index (χ0) is 20.8. The van der Waals surface area contributed by atoms with E-state index in [0.29, 0.717) is 13.1 Å². The number of benzene rings is 2.